The number of hydrogen-bond acceptors (Lipinski definition) is 3. The molecule has 2 atom stereocenters. The van der Waals surface area contributed by atoms with Crippen molar-refractivity contribution in [3.05, 3.63) is 77.1 Å². The maximum Gasteiger partial charge on any atom is 0.317 e. The number of carbonyl (C=O) groups is 2. The highest BCUT2D eigenvalue weighted by atomic mass is 19.1. The number of ether oxygens (including phenoxy) is 1. The molecule has 0 N–H and O–H groups in total. The van der Waals surface area contributed by atoms with Crippen LogP contribution in [0.3, 0.4) is 0 Å². The van der Waals surface area contributed by atoms with Crippen LogP contribution in [-0.2, 0) is 14.3 Å². The molecular weight excluding hydrogens is 331 g/mol. The van der Waals surface area contributed by atoms with Crippen LogP contribution in [0.25, 0.3) is 5.57 Å². The van der Waals surface area contributed by atoms with Crippen LogP contribution in [0.15, 0.2) is 54.6 Å². The molecule has 2 aromatic carbocycles. The maximum atomic E-state index is 13.2. The third kappa shape index (κ3) is 3.59. The van der Waals surface area contributed by atoms with Crippen molar-refractivity contribution < 1.29 is 18.7 Å². The van der Waals surface area contributed by atoms with Crippen molar-refractivity contribution >= 4 is 17.3 Å². The Balaban J connectivity index is 2.04. The van der Waals surface area contributed by atoms with Crippen LogP contribution in [-0.4, -0.2) is 18.4 Å². The lowest BCUT2D eigenvalue weighted by molar-refractivity contribution is -0.151. The summed E-state index contributed by atoms with van der Waals surface area (Å²) in [6, 6.07) is 13.8. The third-order valence-corrected chi connectivity index (χ3v) is 4.81. The van der Waals surface area contributed by atoms with Crippen molar-refractivity contribution in [1.82, 2.24) is 0 Å². The second kappa shape index (κ2) is 7.65. The molecule has 26 heavy (non-hydrogen) atoms. The van der Waals surface area contributed by atoms with Gasteiger partial charge in [-0.15, -0.1) is 0 Å². The molecule has 0 saturated heterocycles. The van der Waals surface area contributed by atoms with Gasteiger partial charge in [0.1, 0.15) is 11.7 Å². The highest BCUT2D eigenvalue weighted by Crippen LogP contribution is 2.41. The van der Waals surface area contributed by atoms with Gasteiger partial charge in [0, 0.05) is 5.92 Å². The summed E-state index contributed by atoms with van der Waals surface area (Å²) in [5.74, 6) is -2.22. The Bertz CT molecular complexity index is 852. The largest absolute Gasteiger partial charge is 0.465 e. The smallest absolute Gasteiger partial charge is 0.317 e. The first-order chi connectivity index (χ1) is 12.5. The number of allylic oxidation sites excluding steroid dienone is 2. The molecule has 2 aromatic rings. The van der Waals surface area contributed by atoms with Crippen molar-refractivity contribution in [1.29, 1.82) is 0 Å². The van der Waals surface area contributed by atoms with Gasteiger partial charge in [-0.05, 0) is 60.7 Å². The van der Waals surface area contributed by atoms with Crippen LogP contribution < -0.4 is 0 Å². The second-order valence-corrected chi connectivity index (χ2v) is 6.48. The molecule has 0 unspecified atom stereocenters. The molecule has 3 rings (SSSR count). The summed E-state index contributed by atoms with van der Waals surface area (Å²) in [6.07, 6.45) is 2.02. The van der Waals surface area contributed by atoms with E-state index in [4.69, 9.17) is 4.74 Å². The molecule has 0 heterocycles. The summed E-state index contributed by atoms with van der Waals surface area (Å²) in [6.45, 7) is 3.93. The average molecular weight is 352 g/mol. The van der Waals surface area contributed by atoms with E-state index in [1.54, 1.807) is 19.1 Å². The van der Waals surface area contributed by atoms with E-state index in [0.29, 0.717) is 6.42 Å². The van der Waals surface area contributed by atoms with Gasteiger partial charge in [-0.2, -0.15) is 0 Å². The third-order valence-electron chi connectivity index (χ3n) is 4.81. The fourth-order valence-electron chi connectivity index (χ4n) is 3.54. The van der Waals surface area contributed by atoms with Crippen molar-refractivity contribution in [3.63, 3.8) is 0 Å². The van der Waals surface area contributed by atoms with Crippen molar-refractivity contribution in [2.45, 2.75) is 26.2 Å². The summed E-state index contributed by atoms with van der Waals surface area (Å²) in [5, 5.41) is 0. The Labute approximate surface area is 152 Å². The van der Waals surface area contributed by atoms with Gasteiger partial charge < -0.3 is 4.74 Å². The van der Waals surface area contributed by atoms with E-state index >= 15 is 0 Å². The predicted octanol–water partition coefficient (Wildman–Crippen LogP) is 4.45. The zero-order valence-electron chi connectivity index (χ0n) is 14.9. The molecule has 0 aliphatic heterocycles. The SMILES string of the molecule is CCOC(=O)[C@H]1C(=O)C=C(c2ccc(F)cc2)C[C@H]1c1ccccc1C. The minimum Gasteiger partial charge on any atom is -0.465 e. The molecule has 3 nitrogen and oxygen atoms in total. The minimum atomic E-state index is -0.847. The lowest BCUT2D eigenvalue weighted by Gasteiger charge is -2.30. The molecule has 1 aliphatic carbocycles. The summed E-state index contributed by atoms with van der Waals surface area (Å²) < 4.78 is 18.4. The van der Waals surface area contributed by atoms with Crippen LogP contribution in [0.4, 0.5) is 4.39 Å². The number of halogens is 1. The van der Waals surface area contributed by atoms with Gasteiger partial charge in [0.25, 0.3) is 0 Å². The molecule has 134 valence electrons. The quantitative estimate of drug-likeness (QED) is 0.603. The van der Waals surface area contributed by atoms with Crippen LogP contribution in [0.1, 0.15) is 36.0 Å². The molecule has 0 radical (unpaired) electrons. The van der Waals surface area contributed by atoms with Gasteiger partial charge in [-0.3, -0.25) is 9.59 Å². The topological polar surface area (TPSA) is 43.4 Å². The lowest BCUT2D eigenvalue weighted by Crippen LogP contribution is -2.34. The molecular formula is C22H21FO3. The Morgan fingerprint density at radius 2 is 1.85 bits per heavy atom. The molecule has 0 aromatic heterocycles. The number of carbonyl (C=O) groups excluding carboxylic acids is 2. The summed E-state index contributed by atoms with van der Waals surface area (Å²) in [4.78, 5) is 25.3. The Morgan fingerprint density at radius 1 is 1.15 bits per heavy atom. The molecule has 1 aliphatic rings. The van der Waals surface area contributed by atoms with E-state index in [-0.39, 0.29) is 24.1 Å². The Hall–Kier alpha value is -2.75. The van der Waals surface area contributed by atoms with Crippen LogP contribution in [0.2, 0.25) is 0 Å². The molecule has 0 bridgehead atoms. The van der Waals surface area contributed by atoms with Gasteiger partial charge in [-0.1, -0.05) is 36.4 Å². The van der Waals surface area contributed by atoms with E-state index in [0.717, 1.165) is 22.3 Å². The van der Waals surface area contributed by atoms with Gasteiger partial charge >= 0.3 is 5.97 Å². The van der Waals surface area contributed by atoms with E-state index < -0.39 is 11.9 Å². The molecule has 0 fully saturated rings. The fraction of sp³-hybridized carbons (Fsp3) is 0.273. The number of esters is 1. The van der Waals surface area contributed by atoms with Gasteiger partial charge in [0.15, 0.2) is 5.78 Å². The standard InChI is InChI=1S/C22H21FO3/c1-3-26-22(25)21-19(18-7-5-4-6-14(18)2)12-16(13-20(21)24)15-8-10-17(23)11-9-15/h4-11,13,19,21H,3,12H2,1-2H3/t19-,21+/m0/s1. The summed E-state index contributed by atoms with van der Waals surface area (Å²) >= 11 is 0. The van der Waals surface area contributed by atoms with Crippen molar-refractivity contribution in [3.8, 4) is 0 Å². The first-order valence-electron chi connectivity index (χ1n) is 8.73. The Kier molecular flexibility index (Phi) is 5.31. The first-order valence-corrected chi connectivity index (χ1v) is 8.73. The van der Waals surface area contributed by atoms with Crippen LogP contribution in [0.5, 0.6) is 0 Å². The minimum absolute atomic E-state index is 0.234. The molecule has 4 heteroatoms. The van der Waals surface area contributed by atoms with E-state index in [9.17, 15) is 14.0 Å². The monoisotopic (exact) mass is 352 g/mol. The van der Waals surface area contributed by atoms with Crippen molar-refractivity contribution in [2.24, 2.45) is 5.92 Å². The van der Waals surface area contributed by atoms with E-state index in [1.807, 2.05) is 31.2 Å². The number of aryl methyl sites for hydroxylation is 1. The summed E-state index contributed by atoms with van der Waals surface area (Å²) in [7, 11) is 0. The average Bonchev–Trinajstić information content (AvgIpc) is 2.62. The fourth-order valence-corrected chi connectivity index (χ4v) is 3.54. The van der Waals surface area contributed by atoms with Crippen molar-refractivity contribution in [2.75, 3.05) is 6.61 Å². The van der Waals surface area contributed by atoms with Gasteiger partial charge in [0.05, 0.1) is 6.61 Å². The predicted molar refractivity (Wildman–Crippen MR) is 98.0 cm³/mol. The number of hydrogen-bond donors (Lipinski definition) is 0. The zero-order valence-corrected chi connectivity index (χ0v) is 14.9. The number of rotatable bonds is 4. The second-order valence-electron chi connectivity index (χ2n) is 6.48. The highest BCUT2D eigenvalue weighted by Gasteiger charge is 2.40. The van der Waals surface area contributed by atoms with E-state index in [2.05, 4.69) is 0 Å². The van der Waals surface area contributed by atoms with Gasteiger partial charge in [-0.25, -0.2) is 4.39 Å². The molecule has 0 spiro atoms. The maximum absolute atomic E-state index is 13.2. The number of benzene rings is 2. The van der Waals surface area contributed by atoms with E-state index in [1.165, 1.54) is 18.2 Å². The van der Waals surface area contributed by atoms with Gasteiger partial charge in [0.2, 0.25) is 0 Å². The molecule has 0 amide bonds. The lowest BCUT2D eigenvalue weighted by atomic mass is 9.72. The Morgan fingerprint density at radius 3 is 2.50 bits per heavy atom. The van der Waals surface area contributed by atoms with Crippen LogP contribution in [0, 0.1) is 18.7 Å². The zero-order chi connectivity index (χ0) is 18.7. The summed E-state index contributed by atoms with van der Waals surface area (Å²) in [5.41, 5.74) is 3.59. The highest BCUT2D eigenvalue weighted by molar-refractivity contribution is 6.10. The van der Waals surface area contributed by atoms with Crippen LogP contribution >= 0.6 is 0 Å². The number of ketones is 1. The molecule has 0 saturated carbocycles. The normalized spacial score (nSPS) is 19.8. The first kappa shape index (κ1) is 18.1.